The van der Waals surface area contributed by atoms with Crippen molar-refractivity contribution in [2.45, 2.75) is 6.10 Å². The minimum Gasteiger partial charge on any atom is -0.497 e. The van der Waals surface area contributed by atoms with Gasteiger partial charge in [0.2, 0.25) is 0 Å². The average molecular weight is 295 g/mol. The summed E-state index contributed by atoms with van der Waals surface area (Å²) in [6, 6.07) is 7.32. The van der Waals surface area contributed by atoms with Crippen LogP contribution in [0.15, 0.2) is 24.3 Å². The summed E-state index contributed by atoms with van der Waals surface area (Å²) in [5.74, 6) is 5.66. The molecule has 110 valence electrons. The monoisotopic (exact) mass is 295 g/mol. The van der Waals surface area contributed by atoms with Crippen LogP contribution in [0.2, 0.25) is 0 Å². The maximum absolute atomic E-state index is 9.78. The van der Waals surface area contributed by atoms with E-state index in [0.717, 1.165) is 23.8 Å². The highest BCUT2D eigenvalue weighted by Gasteiger charge is 2.05. The lowest BCUT2D eigenvalue weighted by Crippen LogP contribution is -2.32. The van der Waals surface area contributed by atoms with Crippen molar-refractivity contribution in [1.82, 2.24) is 5.32 Å². The fourth-order valence-electron chi connectivity index (χ4n) is 1.49. The van der Waals surface area contributed by atoms with Crippen molar-refractivity contribution < 1.29 is 14.6 Å². The van der Waals surface area contributed by atoms with E-state index >= 15 is 0 Å². The van der Waals surface area contributed by atoms with Gasteiger partial charge in [0, 0.05) is 24.9 Å². The van der Waals surface area contributed by atoms with Gasteiger partial charge in [-0.05, 0) is 12.1 Å². The van der Waals surface area contributed by atoms with E-state index in [1.165, 1.54) is 0 Å². The third-order valence-electron chi connectivity index (χ3n) is 2.47. The van der Waals surface area contributed by atoms with Crippen molar-refractivity contribution in [3.8, 4) is 23.8 Å². The lowest BCUT2D eigenvalue weighted by atomic mass is 10.3. The second-order valence-electron chi connectivity index (χ2n) is 4.10. The van der Waals surface area contributed by atoms with E-state index in [1.807, 2.05) is 18.2 Å². The molecule has 4 nitrogen and oxygen atoms in total. The fourth-order valence-corrected chi connectivity index (χ4v) is 2.04. The summed E-state index contributed by atoms with van der Waals surface area (Å²) in [5.41, 5.74) is 0. The summed E-state index contributed by atoms with van der Waals surface area (Å²) < 4.78 is 10.6. The largest absolute Gasteiger partial charge is 0.497 e. The first-order chi connectivity index (χ1) is 9.76. The Morgan fingerprint density at radius 3 is 3.00 bits per heavy atom. The van der Waals surface area contributed by atoms with E-state index in [-0.39, 0.29) is 6.61 Å². The molecule has 0 saturated heterocycles. The number of rotatable bonds is 10. The molecule has 1 aromatic carbocycles. The molecule has 0 aliphatic heterocycles. The minimum atomic E-state index is -0.543. The topological polar surface area (TPSA) is 50.7 Å². The summed E-state index contributed by atoms with van der Waals surface area (Å²) in [6.45, 7) is 1.57. The summed E-state index contributed by atoms with van der Waals surface area (Å²) in [7, 11) is 1.61. The van der Waals surface area contributed by atoms with Gasteiger partial charge in [-0.3, -0.25) is 0 Å². The van der Waals surface area contributed by atoms with Crippen LogP contribution in [0.4, 0.5) is 0 Å². The van der Waals surface area contributed by atoms with Crippen LogP contribution >= 0.6 is 11.8 Å². The van der Waals surface area contributed by atoms with Crippen LogP contribution in [0.25, 0.3) is 0 Å². The van der Waals surface area contributed by atoms with Gasteiger partial charge < -0.3 is 19.9 Å². The molecule has 1 unspecified atom stereocenters. The number of ether oxygens (including phenoxy) is 2. The van der Waals surface area contributed by atoms with Crippen molar-refractivity contribution in [3.05, 3.63) is 24.3 Å². The van der Waals surface area contributed by atoms with E-state index in [0.29, 0.717) is 12.3 Å². The first-order valence-corrected chi connectivity index (χ1v) is 7.58. The van der Waals surface area contributed by atoms with Crippen LogP contribution in [0, 0.1) is 12.3 Å². The highest BCUT2D eigenvalue weighted by atomic mass is 32.2. The number of terminal acetylenes is 1. The number of nitrogens with one attached hydrogen (secondary N) is 1. The summed E-state index contributed by atoms with van der Waals surface area (Å²) in [5, 5.41) is 12.9. The zero-order chi connectivity index (χ0) is 14.6. The molecule has 0 bridgehead atoms. The third kappa shape index (κ3) is 7.29. The van der Waals surface area contributed by atoms with Crippen LogP contribution in [-0.4, -0.2) is 49.5 Å². The molecule has 1 atom stereocenters. The zero-order valence-electron chi connectivity index (χ0n) is 11.7. The molecule has 0 aliphatic carbocycles. The maximum atomic E-state index is 9.78. The molecule has 0 fully saturated rings. The van der Waals surface area contributed by atoms with Gasteiger partial charge in [-0.2, -0.15) is 0 Å². The number of benzene rings is 1. The van der Waals surface area contributed by atoms with Gasteiger partial charge in [0.05, 0.1) is 12.9 Å². The SMILES string of the molecule is C#CCSCCNCC(O)COc1cccc(OC)c1. The molecule has 2 N–H and O–H groups in total. The Hall–Kier alpha value is -1.35. The second-order valence-corrected chi connectivity index (χ2v) is 5.21. The van der Waals surface area contributed by atoms with Gasteiger partial charge in [-0.1, -0.05) is 12.0 Å². The standard InChI is InChI=1S/C15H21NO3S/c1-3-8-20-9-7-16-11-13(17)12-19-15-6-4-5-14(10-15)18-2/h1,4-6,10,13,16-17H,7-9,11-12H2,2H3. The Morgan fingerprint density at radius 2 is 2.25 bits per heavy atom. The quantitative estimate of drug-likeness (QED) is 0.505. The van der Waals surface area contributed by atoms with Gasteiger partial charge in [0.15, 0.2) is 0 Å². The Morgan fingerprint density at radius 1 is 1.45 bits per heavy atom. The second kappa shape index (κ2) is 10.4. The smallest absolute Gasteiger partial charge is 0.123 e. The lowest BCUT2D eigenvalue weighted by Gasteiger charge is -2.13. The van der Waals surface area contributed by atoms with Crippen LogP contribution in [0.3, 0.4) is 0 Å². The number of aliphatic hydroxyl groups is 1. The van der Waals surface area contributed by atoms with Crippen LogP contribution in [0.1, 0.15) is 0 Å². The highest BCUT2D eigenvalue weighted by molar-refractivity contribution is 7.99. The van der Waals surface area contributed by atoms with Crippen LogP contribution in [0.5, 0.6) is 11.5 Å². The molecule has 0 amide bonds. The van der Waals surface area contributed by atoms with Crippen molar-refractivity contribution in [1.29, 1.82) is 0 Å². The number of aliphatic hydroxyl groups excluding tert-OH is 1. The number of methoxy groups -OCH3 is 1. The van der Waals surface area contributed by atoms with E-state index in [9.17, 15) is 5.11 Å². The minimum absolute atomic E-state index is 0.248. The fraction of sp³-hybridized carbons (Fsp3) is 0.467. The summed E-state index contributed by atoms with van der Waals surface area (Å²) >= 11 is 1.69. The summed E-state index contributed by atoms with van der Waals surface area (Å²) in [4.78, 5) is 0. The van der Waals surface area contributed by atoms with Crippen molar-refractivity contribution in [2.24, 2.45) is 0 Å². The molecule has 0 heterocycles. The summed E-state index contributed by atoms with van der Waals surface area (Å²) in [6.07, 6.45) is 4.61. The van der Waals surface area contributed by atoms with Crippen molar-refractivity contribution in [3.63, 3.8) is 0 Å². The Labute approximate surface area is 124 Å². The lowest BCUT2D eigenvalue weighted by molar-refractivity contribution is 0.107. The van der Waals surface area contributed by atoms with Crippen LogP contribution in [-0.2, 0) is 0 Å². The van der Waals surface area contributed by atoms with Gasteiger partial charge >= 0.3 is 0 Å². The van der Waals surface area contributed by atoms with Gasteiger partial charge in [0.1, 0.15) is 24.2 Å². The molecule has 5 heteroatoms. The predicted octanol–water partition coefficient (Wildman–Crippen LogP) is 1.39. The Bertz CT molecular complexity index is 420. The first kappa shape index (κ1) is 16.7. The molecule has 0 aliphatic rings. The molecule has 1 rings (SSSR count). The van der Waals surface area contributed by atoms with Gasteiger partial charge in [-0.15, -0.1) is 18.2 Å². The highest BCUT2D eigenvalue weighted by Crippen LogP contribution is 2.18. The normalized spacial score (nSPS) is 11.7. The van der Waals surface area contributed by atoms with Crippen molar-refractivity contribution in [2.75, 3.05) is 38.3 Å². The molecule has 0 radical (unpaired) electrons. The number of hydrogen-bond acceptors (Lipinski definition) is 5. The van der Waals surface area contributed by atoms with E-state index < -0.39 is 6.10 Å². The molecule has 0 saturated carbocycles. The maximum Gasteiger partial charge on any atom is 0.123 e. The van der Waals surface area contributed by atoms with E-state index in [2.05, 4.69) is 11.2 Å². The van der Waals surface area contributed by atoms with Crippen LogP contribution < -0.4 is 14.8 Å². The van der Waals surface area contributed by atoms with E-state index in [4.69, 9.17) is 15.9 Å². The van der Waals surface area contributed by atoms with Gasteiger partial charge in [-0.25, -0.2) is 0 Å². The molecule has 0 aromatic heterocycles. The Balaban J connectivity index is 2.13. The van der Waals surface area contributed by atoms with Gasteiger partial charge in [0.25, 0.3) is 0 Å². The third-order valence-corrected chi connectivity index (χ3v) is 3.34. The zero-order valence-corrected chi connectivity index (χ0v) is 12.5. The molecular weight excluding hydrogens is 274 g/mol. The van der Waals surface area contributed by atoms with Crippen molar-refractivity contribution >= 4 is 11.8 Å². The average Bonchev–Trinajstić information content (AvgIpc) is 2.49. The molecular formula is C15H21NO3S. The molecule has 1 aromatic rings. The number of hydrogen-bond donors (Lipinski definition) is 2. The predicted molar refractivity (Wildman–Crippen MR) is 83.5 cm³/mol. The Kier molecular flexibility index (Phi) is 8.72. The molecule has 20 heavy (non-hydrogen) atoms. The molecule has 0 spiro atoms. The first-order valence-electron chi connectivity index (χ1n) is 6.43. The number of thioether (sulfide) groups is 1. The van der Waals surface area contributed by atoms with E-state index in [1.54, 1.807) is 24.9 Å².